The van der Waals surface area contributed by atoms with Crippen molar-refractivity contribution in [3.05, 3.63) is 65.2 Å². The average molecular weight is 254 g/mol. The number of rotatable bonds is 3. The Kier molecular flexibility index (Phi) is 3.03. The van der Waals surface area contributed by atoms with Gasteiger partial charge >= 0.3 is 0 Å². The molecule has 0 saturated heterocycles. The van der Waals surface area contributed by atoms with Crippen LogP contribution in [0.1, 0.15) is 17.0 Å². The number of aromatic amines is 1. The van der Waals surface area contributed by atoms with Gasteiger partial charge in [0.05, 0.1) is 11.0 Å². The number of imidazole rings is 1. The van der Waals surface area contributed by atoms with Crippen molar-refractivity contribution in [1.82, 2.24) is 9.97 Å². The molecule has 0 saturated carbocycles. The molecule has 0 fully saturated rings. The Labute approximate surface area is 111 Å². The van der Waals surface area contributed by atoms with E-state index in [-0.39, 0.29) is 5.82 Å². The second-order valence-electron chi connectivity index (χ2n) is 4.83. The van der Waals surface area contributed by atoms with Crippen molar-refractivity contribution >= 4 is 11.0 Å². The van der Waals surface area contributed by atoms with Crippen LogP contribution in [0.25, 0.3) is 11.0 Å². The van der Waals surface area contributed by atoms with Crippen LogP contribution < -0.4 is 0 Å². The van der Waals surface area contributed by atoms with Crippen molar-refractivity contribution in [1.29, 1.82) is 0 Å². The van der Waals surface area contributed by atoms with Crippen molar-refractivity contribution < 1.29 is 4.39 Å². The summed E-state index contributed by atoms with van der Waals surface area (Å²) in [7, 11) is 0. The van der Waals surface area contributed by atoms with Gasteiger partial charge in [-0.1, -0.05) is 18.2 Å². The minimum atomic E-state index is -0.192. The first-order valence-corrected chi connectivity index (χ1v) is 6.40. The van der Waals surface area contributed by atoms with Crippen LogP contribution in [0.3, 0.4) is 0 Å². The lowest BCUT2D eigenvalue weighted by molar-refractivity contribution is 0.627. The SMILES string of the molecule is Cc1ccc2nc(CCc3ccc(F)cc3)[nH]c2c1. The predicted molar refractivity (Wildman–Crippen MR) is 74.6 cm³/mol. The van der Waals surface area contributed by atoms with Gasteiger partial charge in [0.15, 0.2) is 0 Å². The fourth-order valence-corrected chi connectivity index (χ4v) is 2.21. The number of halogens is 1. The zero-order chi connectivity index (χ0) is 13.2. The molecule has 0 spiro atoms. The standard InChI is InChI=1S/C16H15FN2/c1-11-2-8-14-15(10-11)19-16(18-14)9-5-12-3-6-13(17)7-4-12/h2-4,6-8,10H,5,9H2,1H3,(H,18,19). The van der Waals surface area contributed by atoms with Gasteiger partial charge in [0.25, 0.3) is 0 Å². The van der Waals surface area contributed by atoms with E-state index in [0.717, 1.165) is 35.3 Å². The van der Waals surface area contributed by atoms with E-state index in [1.807, 2.05) is 18.2 Å². The average Bonchev–Trinajstić information content (AvgIpc) is 2.80. The summed E-state index contributed by atoms with van der Waals surface area (Å²) in [6.07, 6.45) is 1.69. The summed E-state index contributed by atoms with van der Waals surface area (Å²) >= 11 is 0. The summed E-state index contributed by atoms with van der Waals surface area (Å²) in [4.78, 5) is 7.89. The number of hydrogen-bond acceptors (Lipinski definition) is 1. The Balaban J connectivity index is 1.76. The van der Waals surface area contributed by atoms with Crippen molar-refractivity contribution in [2.45, 2.75) is 19.8 Å². The van der Waals surface area contributed by atoms with E-state index in [4.69, 9.17) is 0 Å². The second-order valence-corrected chi connectivity index (χ2v) is 4.83. The molecule has 1 N–H and O–H groups in total. The van der Waals surface area contributed by atoms with Crippen LogP contribution in [0.4, 0.5) is 4.39 Å². The highest BCUT2D eigenvalue weighted by molar-refractivity contribution is 5.75. The minimum Gasteiger partial charge on any atom is -0.342 e. The van der Waals surface area contributed by atoms with Gasteiger partial charge in [-0.05, 0) is 48.7 Å². The molecule has 2 nitrogen and oxygen atoms in total. The monoisotopic (exact) mass is 254 g/mol. The van der Waals surface area contributed by atoms with Crippen LogP contribution in [0, 0.1) is 12.7 Å². The topological polar surface area (TPSA) is 28.7 Å². The summed E-state index contributed by atoms with van der Waals surface area (Å²) in [5, 5.41) is 0. The molecule has 3 aromatic rings. The largest absolute Gasteiger partial charge is 0.342 e. The Hall–Kier alpha value is -2.16. The molecule has 0 radical (unpaired) electrons. The van der Waals surface area contributed by atoms with Crippen molar-refractivity contribution in [2.24, 2.45) is 0 Å². The van der Waals surface area contributed by atoms with Crippen LogP contribution in [-0.2, 0) is 12.8 Å². The maximum Gasteiger partial charge on any atom is 0.123 e. The molecule has 1 heterocycles. The van der Waals surface area contributed by atoms with Crippen molar-refractivity contribution in [3.63, 3.8) is 0 Å². The van der Waals surface area contributed by atoms with E-state index in [0.29, 0.717) is 0 Å². The number of fused-ring (bicyclic) bond motifs is 1. The van der Waals surface area contributed by atoms with Crippen LogP contribution in [0.5, 0.6) is 0 Å². The Morgan fingerprint density at radius 1 is 1.05 bits per heavy atom. The van der Waals surface area contributed by atoms with Gasteiger partial charge in [0.2, 0.25) is 0 Å². The molecule has 0 aliphatic carbocycles. The summed E-state index contributed by atoms with van der Waals surface area (Å²) < 4.78 is 12.8. The molecular formula is C16H15FN2. The molecule has 3 heteroatoms. The summed E-state index contributed by atoms with van der Waals surface area (Å²) in [6, 6.07) is 12.8. The zero-order valence-electron chi connectivity index (χ0n) is 10.8. The molecule has 0 aliphatic rings. The van der Waals surface area contributed by atoms with E-state index in [9.17, 15) is 4.39 Å². The minimum absolute atomic E-state index is 0.192. The Bertz CT molecular complexity index is 698. The van der Waals surface area contributed by atoms with Crippen LogP contribution in [0.15, 0.2) is 42.5 Å². The van der Waals surface area contributed by atoms with Crippen LogP contribution in [-0.4, -0.2) is 9.97 Å². The van der Waals surface area contributed by atoms with E-state index in [1.165, 1.54) is 17.7 Å². The van der Waals surface area contributed by atoms with E-state index >= 15 is 0 Å². The van der Waals surface area contributed by atoms with Crippen LogP contribution in [0.2, 0.25) is 0 Å². The first-order valence-electron chi connectivity index (χ1n) is 6.40. The van der Waals surface area contributed by atoms with Gasteiger partial charge in [-0.3, -0.25) is 0 Å². The normalized spacial score (nSPS) is 11.1. The molecule has 19 heavy (non-hydrogen) atoms. The van der Waals surface area contributed by atoms with Crippen molar-refractivity contribution in [3.8, 4) is 0 Å². The van der Waals surface area contributed by atoms with Crippen molar-refractivity contribution in [2.75, 3.05) is 0 Å². The lowest BCUT2D eigenvalue weighted by Crippen LogP contribution is -1.93. The van der Waals surface area contributed by atoms with Gasteiger partial charge in [-0.2, -0.15) is 0 Å². The summed E-state index contributed by atoms with van der Waals surface area (Å²) in [5.41, 5.74) is 4.42. The molecule has 0 aliphatic heterocycles. The van der Waals surface area contributed by atoms with Crippen LogP contribution >= 0.6 is 0 Å². The third-order valence-electron chi connectivity index (χ3n) is 3.25. The maximum absolute atomic E-state index is 12.8. The fraction of sp³-hybridized carbons (Fsp3) is 0.188. The van der Waals surface area contributed by atoms with Gasteiger partial charge < -0.3 is 4.98 Å². The maximum atomic E-state index is 12.8. The summed E-state index contributed by atoms with van der Waals surface area (Å²) in [5.74, 6) is 0.785. The van der Waals surface area contributed by atoms with E-state index in [1.54, 1.807) is 0 Å². The third-order valence-corrected chi connectivity index (χ3v) is 3.25. The second kappa shape index (κ2) is 4.84. The molecule has 96 valence electrons. The number of aryl methyl sites for hydroxylation is 3. The number of nitrogens with zero attached hydrogens (tertiary/aromatic N) is 1. The number of benzene rings is 2. The zero-order valence-corrected chi connectivity index (χ0v) is 10.8. The first-order chi connectivity index (χ1) is 9.20. The number of nitrogens with one attached hydrogen (secondary N) is 1. The fourth-order valence-electron chi connectivity index (χ4n) is 2.21. The number of aromatic nitrogens is 2. The van der Waals surface area contributed by atoms with Gasteiger partial charge in [-0.25, -0.2) is 9.37 Å². The quantitative estimate of drug-likeness (QED) is 0.756. The molecule has 3 rings (SSSR count). The summed E-state index contributed by atoms with van der Waals surface area (Å²) in [6.45, 7) is 2.07. The Morgan fingerprint density at radius 3 is 2.63 bits per heavy atom. The molecule has 0 unspecified atom stereocenters. The van der Waals surface area contributed by atoms with E-state index < -0.39 is 0 Å². The molecule has 2 aromatic carbocycles. The van der Waals surface area contributed by atoms with Gasteiger partial charge in [0.1, 0.15) is 11.6 Å². The smallest absolute Gasteiger partial charge is 0.123 e. The lowest BCUT2D eigenvalue weighted by Gasteiger charge is -1.98. The Morgan fingerprint density at radius 2 is 1.84 bits per heavy atom. The van der Waals surface area contributed by atoms with E-state index in [2.05, 4.69) is 29.0 Å². The van der Waals surface area contributed by atoms with Gasteiger partial charge in [0, 0.05) is 6.42 Å². The number of hydrogen-bond donors (Lipinski definition) is 1. The number of H-pyrrole nitrogens is 1. The predicted octanol–water partition coefficient (Wildman–Crippen LogP) is 3.80. The molecule has 0 atom stereocenters. The first kappa shape index (κ1) is 11.9. The lowest BCUT2D eigenvalue weighted by atomic mass is 10.1. The highest BCUT2D eigenvalue weighted by Gasteiger charge is 2.03. The molecule has 1 aromatic heterocycles. The highest BCUT2D eigenvalue weighted by atomic mass is 19.1. The molecular weight excluding hydrogens is 239 g/mol. The molecule has 0 amide bonds. The third kappa shape index (κ3) is 2.65. The molecule has 0 bridgehead atoms. The highest BCUT2D eigenvalue weighted by Crippen LogP contribution is 2.14. The van der Waals surface area contributed by atoms with Gasteiger partial charge in [-0.15, -0.1) is 0 Å².